The van der Waals surface area contributed by atoms with Gasteiger partial charge in [0.1, 0.15) is 19.8 Å². The summed E-state index contributed by atoms with van der Waals surface area (Å²) in [6.45, 7) is 4.51. The predicted octanol–water partition coefficient (Wildman–Crippen LogP) is 22.7. The molecule has 0 saturated carbocycles. The highest BCUT2D eigenvalue weighted by Gasteiger charge is 2.27. The molecule has 80 heavy (non-hydrogen) atoms. The number of carbonyl (C=O) groups excluding carboxylic acids is 2. The molecule has 0 aromatic rings. The Morgan fingerprint density at radius 2 is 0.637 bits per heavy atom. The number of nitrogens with zero attached hydrogens (tertiary/aromatic N) is 1. The molecule has 476 valence electrons. The first-order valence-corrected chi connectivity index (χ1v) is 36.9. The first kappa shape index (κ1) is 78.8. The van der Waals surface area contributed by atoms with Crippen LogP contribution >= 0.6 is 7.82 Å². The van der Waals surface area contributed by atoms with E-state index in [2.05, 4.69) is 26.0 Å². The minimum absolute atomic E-state index is 0.0369. The third-order valence-corrected chi connectivity index (χ3v) is 17.3. The number of allylic oxidation sites excluding steroid dienone is 2. The van der Waals surface area contributed by atoms with Crippen molar-refractivity contribution < 1.29 is 42.1 Å². The second kappa shape index (κ2) is 62.3. The lowest BCUT2D eigenvalue weighted by atomic mass is 10.0. The molecule has 2 unspecified atom stereocenters. The van der Waals surface area contributed by atoms with E-state index in [1.54, 1.807) is 0 Å². The van der Waals surface area contributed by atoms with E-state index in [-0.39, 0.29) is 25.6 Å². The first-order valence-electron chi connectivity index (χ1n) is 35.4. The van der Waals surface area contributed by atoms with Gasteiger partial charge in [-0.3, -0.25) is 18.6 Å². The van der Waals surface area contributed by atoms with Crippen molar-refractivity contribution in [1.82, 2.24) is 0 Å². The van der Waals surface area contributed by atoms with Gasteiger partial charge in [0.2, 0.25) is 0 Å². The standard InChI is InChI=1S/C70H138NO8P/c1-6-8-10-12-14-16-18-20-22-24-26-27-28-29-30-31-32-33-34-35-36-37-38-39-40-41-42-43-45-47-49-51-53-55-57-59-61-63-70(73)79-68(67-78-80(74,75)77-65-64-71(3,4)5)66-76-69(72)62-60-58-56-54-52-50-48-46-44-25-23-21-19-17-15-13-11-9-7-2/h24,26,68H,6-23,25,27-67H2,1-5H3/p+1/b26-24-. The van der Waals surface area contributed by atoms with Crippen LogP contribution in [-0.4, -0.2) is 74.9 Å². The number of phosphoric ester groups is 1. The molecule has 2 atom stereocenters. The van der Waals surface area contributed by atoms with E-state index < -0.39 is 26.5 Å². The highest BCUT2D eigenvalue weighted by molar-refractivity contribution is 7.47. The van der Waals surface area contributed by atoms with Crippen LogP contribution < -0.4 is 0 Å². The van der Waals surface area contributed by atoms with E-state index in [4.69, 9.17) is 18.5 Å². The Hall–Kier alpha value is -1.25. The lowest BCUT2D eigenvalue weighted by Gasteiger charge is -2.24. The lowest BCUT2D eigenvalue weighted by molar-refractivity contribution is -0.870. The number of ether oxygens (including phenoxy) is 2. The van der Waals surface area contributed by atoms with Crippen molar-refractivity contribution in [3.8, 4) is 0 Å². The van der Waals surface area contributed by atoms with E-state index in [1.165, 1.54) is 308 Å². The Labute approximate surface area is 498 Å². The molecule has 0 aromatic heterocycles. The van der Waals surface area contributed by atoms with E-state index in [0.717, 1.165) is 38.5 Å². The monoisotopic (exact) mass is 1150 g/mol. The van der Waals surface area contributed by atoms with Crippen LogP contribution in [0.3, 0.4) is 0 Å². The van der Waals surface area contributed by atoms with Gasteiger partial charge < -0.3 is 18.9 Å². The summed E-state index contributed by atoms with van der Waals surface area (Å²) in [6, 6.07) is 0. The van der Waals surface area contributed by atoms with Gasteiger partial charge in [-0.15, -0.1) is 0 Å². The average molecular weight is 1150 g/mol. The fourth-order valence-corrected chi connectivity index (χ4v) is 11.6. The van der Waals surface area contributed by atoms with Crippen LogP contribution in [0, 0.1) is 0 Å². The molecule has 0 rings (SSSR count). The average Bonchev–Trinajstić information content (AvgIpc) is 3.42. The molecule has 0 aliphatic carbocycles. The SMILES string of the molecule is CCCCCCCCCC/C=C\CCCCCCCCCCCCCCCCCCCCCCCCCCCC(=O)OC(COC(=O)CCCCCCCCCCCCCCCCCCCCC)COP(=O)(O)OCC[N+](C)(C)C. The van der Waals surface area contributed by atoms with Crippen LogP contribution in [0.25, 0.3) is 0 Å². The number of likely N-dealkylation sites (N-methyl/N-ethyl adjacent to an activating group) is 1. The smallest absolute Gasteiger partial charge is 0.462 e. The van der Waals surface area contributed by atoms with Gasteiger partial charge in [-0.2, -0.15) is 0 Å². The summed E-state index contributed by atoms with van der Waals surface area (Å²) >= 11 is 0. The minimum Gasteiger partial charge on any atom is -0.462 e. The molecule has 0 aliphatic heterocycles. The molecule has 0 heterocycles. The molecular weight excluding hydrogens is 1010 g/mol. The van der Waals surface area contributed by atoms with Crippen LogP contribution in [0.15, 0.2) is 12.2 Å². The van der Waals surface area contributed by atoms with Crippen molar-refractivity contribution in [2.45, 2.75) is 380 Å². The highest BCUT2D eigenvalue weighted by atomic mass is 31.2. The Balaban J connectivity index is 3.90. The van der Waals surface area contributed by atoms with Crippen LogP contribution in [-0.2, 0) is 32.7 Å². The Kier molecular flexibility index (Phi) is 61.3. The maximum Gasteiger partial charge on any atom is 0.472 e. The maximum atomic E-state index is 12.9. The normalized spacial score (nSPS) is 13.1. The minimum atomic E-state index is -4.38. The molecule has 0 aliphatic rings. The molecule has 9 nitrogen and oxygen atoms in total. The number of carbonyl (C=O) groups is 2. The van der Waals surface area contributed by atoms with Gasteiger partial charge in [-0.05, 0) is 38.5 Å². The number of hydrogen-bond donors (Lipinski definition) is 1. The summed E-state index contributed by atoms with van der Waals surface area (Å²) in [6.07, 6.45) is 76.2. The van der Waals surface area contributed by atoms with Crippen molar-refractivity contribution in [3.05, 3.63) is 12.2 Å². The third-order valence-electron chi connectivity index (χ3n) is 16.3. The van der Waals surface area contributed by atoms with Crippen molar-refractivity contribution in [3.63, 3.8) is 0 Å². The van der Waals surface area contributed by atoms with E-state index >= 15 is 0 Å². The molecule has 0 aromatic carbocycles. The fraction of sp³-hybridized carbons (Fsp3) is 0.943. The Bertz CT molecular complexity index is 1350. The van der Waals surface area contributed by atoms with Crippen LogP contribution in [0.4, 0.5) is 0 Å². The molecule has 0 amide bonds. The van der Waals surface area contributed by atoms with Crippen LogP contribution in [0.5, 0.6) is 0 Å². The molecule has 0 spiro atoms. The maximum absolute atomic E-state index is 12.9. The number of quaternary nitrogens is 1. The van der Waals surface area contributed by atoms with E-state index in [0.29, 0.717) is 17.4 Å². The molecular formula is C70H139NO8P+. The molecule has 0 saturated heterocycles. The predicted molar refractivity (Wildman–Crippen MR) is 345 cm³/mol. The van der Waals surface area contributed by atoms with Gasteiger partial charge in [-0.25, -0.2) is 4.57 Å². The van der Waals surface area contributed by atoms with Crippen LogP contribution in [0.1, 0.15) is 373 Å². The molecule has 0 fully saturated rings. The number of rotatable bonds is 67. The van der Waals surface area contributed by atoms with Gasteiger partial charge in [0.15, 0.2) is 6.10 Å². The van der Waals surface area contributed by atoms with Crippen LogP contribution in [0.2, 0.25) is 0 Å². The largest absolute Gasteiger partial charge is 0.472 e. The van der Waals surface area contributed by atoms with Gasteiger partial charge in [0.05, 0.1) is 27.7 Å². The van der Waals surface area contributed by atoms with Gasteiger partial charge >= 0.3 is 19.8 Å². The summed E-state index contributed by atoms with van der Waals surface area (Å²) < 4.78 is 34.7. The van der Waals surface area contributed by atoms with Crippen molar-refractivity contribution in [2.24, 2.45) is 0 Å². The zero-order valence-corrected chi connectivity index (χ0v) is 55.3. The molecule has 0 bridgehead atoms. The zero-order valence-electron chi connectivity index (χ0n) is 54.4. The van der Waals surface area contributed by atoms with Gasteiger partial charge in [0.25, 0.3) is 0 Å². The first-order chi connectivity index (χ1) is 39.0. The lowest BCUT2D eigenvalue weighted by Crippen LogP contribution is -2.37. The number of hydrogen-bond acceptors (Lipinski definition) is 7. The summed E-state index contributed by atoms with van der Waals surface area (Å²) in [5.74, 6) is -0.771. The summed E-state index contributed by atoms with van der Waals surface area (Å²) in [7, 11) is 1.50. The van der Waals surface area contributed by atoms with E-state index in [1.807, 2.05) is 21.1 Å². The van der Waals surface area contributed by atoms with Gasteiger partial charge in [0, 0.05) is 12.8 Å². The van der Waals surface area contributed by atoms with Crippen molar-refractivity contribution in [2.75, 3.05) is 47.5 Å². The molecule has 1 N–H and O–H groups in total. The van der Waals surface area contributed by atoms with Crippen molar-refractivity contribution in [1.29, 1.82) is 0 Å². The number of phosphoric acid groups is 1. The summed E-state index contributed by atoms with van der Waals surface area (Å²) in [4.78, 5) is 35.8. The Morgan fingerprint density at radius 1 is 0.375 bits per heavy atom. The van der Waals surface area contributed by atoms with E-state index in [9.17, 15) is 19.0 Å². The highest BCUT2D eigenvalue weighted by Crippen LogP contribution is 2.43. The second-order valence-corrected chi connectivity index (χ2v) is 27.1. The van der Waals surface area contributed by atoms with Crippen molar-refractivity contribution >= 4 is 19.8 Å². The zero-order chi connectivity index (χ0) is 58.4. The number of esters is 2. The third kappa shape index (κ3) is 65.9. The number of unbranched alkanes of at least 4 members (excludes halogenated alkanes) is 51. The molecule has 0 radical (unpaired) electrons. The fourth-order valence-electron chi connectivity index (χ4n) is 10.8. The summed E-state index contributed by atoms with van der Waals surface area (Å²) in [5, 5.41) is 0. The second-order valence-electron chi connectivity index (χ2n) is 25.6. The Morgan fingerprint density at radius 3 is 0.925 bits per heavy atom. The quantitative estimate of drug-likeness (QED) is 0.0211. The topological polar surface area (TPSA) is 108 Å². The summed E-state index contributed by atoms with van der Waals surface area (Å²) in [5.41, 5.74) is 0. The molecule has 10 heteroatoms. The van der Waals surface area contributed by atoms with Gasteiger partial charge in [-0.1, -0.05) is 334 Å².